The largest absolute Gasteiger partial charge is 0.488 e. The highest BCUT2D eigenvalue weighted by Gasteiger charge is 2.11. The second-order valence-electron chi connectivity index (χ2n) is 6.92. The van der Waals surface area contributed by atoms with E-state index in [1.54, 1.807) is 0 Å². The summed E-state index contributed by atoms with van der Waals surface area (Å²) < 4.78 is 8.07. The molecule has 2 aromatic carbocycles. The number of hydrogen-bond acceptors (Lipinski definition) is 3. The van der Waals surface area contributed by atoms with Gasteiger partial charge in [-0.25, -0.2) is 0 Å². The van der Waals surface area contributed by atoms with Crippen molar-refractivity contribution >= 4 is 0 Å². The van der Waals surface area contributed by atoms with E-state index in [-0.39, 0.29) is 6.61 Å². The highest BCUT2D eigenvalue weighted by molar-refractivity contribution is 5.70. The van der Waals surface area contributed by atoms with Crippen LogP contribution >= 0.6 is 0 Å². The lowest BCUT2D eigenvalue weighted by molar-refractivity contribution is 0.298. The first-order chi connectivity index (χ1) is 12.7. The Morgan fingerprint density at radius 3 is 2.62 bits per heavy atom. The smallest absolute Gasteiger partial charge is 0.127 e. The molecule has 0 aliphatic heterocycles. The van der Waals surface area contributed by atoms with Crippen LogP contribution in [0.5, 0.6) is 5.75 Å². The third-order valence-electron chi connectivity index (χ3n) is 4.18. The van der Waals surface area contributed by atoms with Gasteiger partial charge >= 0.3 is 0 Å². The van der Waals surface area contributed by atoms with Crippen LogP contribution in [0.2, 0.25) is 0 Å². The van der Waals surface area contributed by atoms with Crippen molar-refractivity contribution in [3.8, 4) is 16.9 Å². The Balaban J connectivity index is 1.87. The Labute approximate surface area is 155 Å². The molecule has 0 amide bonds. The summed E-state index contributed by atoms with van der Waals surface area (Å²) in [6.45, 7) is 5.90. The van der Waals surface area contributed by atoms with Crippen molar-refractivity contribution in [3.05, 3.63) is 72.1 Å². The van der Waals surface area contributed by atoms with Crippen LogP contribution in [0.4, 0.5) is 0 Å². The molecule has 0 aliphatic rings. The van der Waals surface area contributed by atoms with Crippen LogP contribution in [0.3, 0.4) is 0 Å². The van der Waals surface area contributed by atoms with Crippen molar-refractivity contribution in [2.45, 2.75) is 33.4 Å². The van der Waals surface area contributed by atoms with Crippen molar-refractivity contribution in [2.75, 3.05) is 6.61 Å². The van der Waals surface area contributed by atoms with Crippen LogP contribution in [0, 0.1) is 5.92 Å². The Kier molecular flexibility index (Phi) is 6.08. The Morgan fingerprint density at radius 1 is 1.08 bits per heavy atom. The molecule has 0 saturated carbocycles. The Bertz CT molecular complexity index is 825. The van der Waals surface area contributed by atoms with Gasteiger partial charge in [0.2, 0.25) is 0 Å². The normalized spacial score (nSPS) is 11.1. The first kappa shape index (κ1) is 18.2. The topological polar surface area (TPSA) is 47.3 Å². The molecule has 0 radical (unpaired) electrons. The molecule has 1 N–H and O–H groups in total. The summed E-state index contributed by atoms with van der Waals surface area (Å²) in [5, 5.41) is 13.7. The summed E-state index contributed by atoms with van der Waals surface area (Å²) >= 11 is 0. The minimum Gasteiger partial charge on any atom is -0.488 e. The van der Waals surface area contributed by atoms with Gasteiger partial charge in [0.1, 0.15) is 12.4 Å². The number of aliphatic hydroxyl groups excluding tert-OH is 1. The van der Waals surface area contributed by atoms with E-state index in [9.17, 15) is 5.11 Å². The van der Waals surface area contributed by atoms with Crippen LogP contribution in [0.15, 0.2) is 60.9 Å². The summed E-state index contributed by atoms with van der Waals surface area (Å²) in [7, 11) is 0. The highest BCUT2D eigenvalue weighted by Crippen LogP contribution is 2.32. The predicted octanol–water partition coefficient (Wildman–Crippen LogP) is 4.32. The van der Waals surface area contributed by atoms with Crippen LogP contribution in [0.1, 0.15) is 25.0 Å². The van der Waals surface area contributed by atoms with E-state index < -0.39 is 0 Å². The van der Waals surface area contributed by atoms with Gasteiger partial charge in [-0.15, -0.1) is 0 Å². The summed E-state index contributed by atoms with van der Waals surface area (Å²) in [5.74, 6) is 1.37. The number of ether oxygens (including phenoxy) is 1. The summed E-state index contributed by atoms with van der Waals surface area (Å²) in [6.07, 6.45) is 4.58. The van der Waals surface area contributed by atoms with E-state index in [0.717, 1.165) is 34.5 Å². The third-order valence-corrected chi connectivity index (χ3v) is 4.18. The maximum atomic E-state index is 9.26. The molecule has 0 fully saturated rings. The molecule has 26 heavy (non-hydrogen) atoms. The molecule has 4 heteroatoms. The number of nitrogens with zero attached hydrogens (tertiary/aromatic N) is 2. The van der Waals surface area contributed by atoms with Gasteiger partial charge in [-0.2, -0.15) is 5.10 Å². The lowest BCUT2D eigenvalue weighted by atomic mass is 10.0. The van der Waals surface area contributed by atoms with E-state index in [4.69, 9.17) is 4.74 Å². The van der Waals surface area contributed by atoms with Crippen LogP contribution in [-0.2, 0) is 19.6 Å². The molecule has 1 heterocycles. The molecular formula is C22H26N2O2. The van der Waals surface area contributed by atoms with Crippen molar-refractivity contribution in [1.82, 2.24) is 9.78 Å². The molecule has 0 saturated heterocycles. The van der Waals surface area contributed by atoms with Gasteiger partial charge in [0.05, 0.1) is 6.20 Å². The summed E-state index contributed by atoms with van der Waals surface area (Å²) in [4.78, 5) is 0. The van der Waals surface area contributed by atoms with E-state index in [1.807, 2.05) is 41.2 Å². The lowest BCUT2D eigenvalue weighted by Gasteiger charge is -2.12. The van der Waals surface area contributed by atoms with E-state index >= 15 is 0 Å². The lowest BCUT2D eigenvalue weighted by Crippen LogP contribution is -2.04. The van der Waals surface area contributed by atoms with Gasteiger partial charge in [-0.3, -0.25) is 4.68 Å². The molecule has 4 nitrogen and oxygen atoms in total. The molecule has 0 atom stereocenters. The second-order valence-corrected chi connectivity index (χ2v) is 6.92. The molecule has 0 aliphatic carbocycles. The van der Waals surface area contributed by atoms with Gasteiger partial charge in [-0.1, -0.05) is 50.2 Å². The molecule has 0 bridgehead atoms. The average Bonchev–Trinajstić information content (AvgIpc) is 3.09. The van der Waals surface area contributed by atoms with Crippen LogP contribution in [-0.4, -0.2) is 21.5 Å². The molecule has 0 unspecified atom stereocenters. The maximum Gasteiger partial charge on any atom is 0.127 e. The summed E-state index contributed by atoms with van der Waals surface area (Å²) in [5.41, 5.74) is 4.27. The average molecular weight is 350 g/mol. The molecule has 136 valence electrons. The van der Waals surface area contributed by atoms with Crippen molar-refractivity contribution in [1.29, 1.82) is 0 Å². The molecule has 3 rings (SSSR count). The fourth-order valence-electron chi connectivity index (χ4n) is 2.93. The summed E-state index contributed by atoms with van der Waals surface area (Å²) in [6, 6.07) is 16.2. The zero-order valence-corrected chi connectivity index (χ0v) is 15.4. The monoisotopic (exact) mass is 350 g/mol. The maximum absolute atomic E-state index is 9.26. The molecular weight excluding hydrogens is 324 g/mol. The van der Waals surface area contributed by atoms with Crippen molar-refractivity contribution in [2.24, 2.45) is 5.92 Å². The van der Waals surface area contributed by atoms with Gasteiger partial charge in [-0.05, 0) is 35.6 Å². The quantitative estimate of drug-likeness (QED) is 0.658. The fraction of sp³-hybridized carbons (Fsp3) is 0.318. The van der Waals surface area contributed by atoms with Crippen molar-refractivity contribution < 1.29 is 9.84 Å². The van der Waals surface area contributed by atoms with E-state index in [2.05, 4.69) is 43.3 Å². The number of hydrogen-bond donors (Lipinski definition) is 1. The van der Waals surface area contributed by atoms with Crippen LogP contribution < -0.4 is 4.74 Å². The van der Waals surface area contributed by atoms with E-state index in [1.165, 1.54) is 0 Å². The second kappa shape index (κ2) is 8.68. The Morgan fingerprint density at radius 2 is 1.88 bits per heavy atom. The molecule has 1 aromatic heterocycles. The van der Waals surface area contributed by atoms with E-state index in [0.29, 0.717) is 18.9 Å². The number of rotatable bonds is 8. The third kappa shape index (κ3) is 4.73. The molecule has 3 aromatic rings. The predicted molar refractivity (Wildman–Crippen MR) is 104 cm³/mol. The van der Waals surface area contributed by atoms with Gasteiger partial charge in [0.25, 0.3) is 0 Å². The van der Waals surface area contributed by atoms with Gasteiger partial charge < -0.3 is 9.84 Å². The van der Waals surface area contributed by atoms with Crippen LogP contribution in [0.25, 0.3) is 11.1 Å². The molecule has 0 spiro atoms. The minimum atomic E-state index is 0.135. The zero-order chi connectivity index (χ0) is 18.4. The Hall–Kier alpha value is -2.59. The highest BCUT2D eigenvalue weighted by atomic mass is 16.5. The number of benzene rings is 2. The first-order valence-corrected chi connectivity index (χ1v) is 9.09. The van der Waals surface area contributed by atoms with Gasteiger partial charge in [0.15, 0.2) is 0 Å². The van der Waals surface area contributed by atoms with Gasteiger partial charge in [0, 0.05) is 30.5 Å². The number of aliphatic hydroxyl groups is 1. The fourth-order valence-corrected chi connectivity index (χ4v) is 2.93. The first-order valence-electron chi connectivity index (χ1n) is 9.09. The van der Waals surface area contributed by atoms with Crippen molar-refractivity contribution in [3.63, 3.8) is 0 Å². The SMILES string of the molecule is CC(C)Cn1cc(-c2cc(CCO)ccc2OCc2ccccc2)cn1. The standard InChI is InChI=1S/C22H26N2O2/c1-17(2)14-24-15-20(13-23-24)21-12-18(10-11-25)8-9-22(21)26-16-19-6-4-3-5-7-19/h3-9,12-13,15,17,25H,10-11,14,16H2,1-2H3. The minimum absolute atomic E-state index is 0.135. The number of aromatic nitrogens is 2. The zero-order valence-electron chi connectivity index (χ0n) is 15.4.